The molecule has 0 saturated carbocycles. The molecule has 3 heteroatoms. The summed E-state index contributed by atoms with van der Waals surface area (Å²) in [6, 6.07) is 0. The van der Waals surface area contributed by atoms with Crippen molar-refractivity contribution >= 4 is 5.78 Å². The zero-order valence-electron chi connectivity index (χ0n) is 11.6. The van der Waals surface area contributed by atoms with Gasteiger partial charge < -0.3 is 10.8 Å². The Balaban J connectivity index is 0.00000180. The molecule has 0 amide bonds. The second-order valence-corrected chi connectivity index (χ2v) is 4.95. The fourth-order valence-corrected chi connectivity index (χ4v) is 2.53. The smallest absolute Gasteiger partial charge is 0.500 e. The van der Waals surface area contributed by atoms with E-state index in [-0.39, 0.29) is 28.3 Å². The standard InChI is InChI=1S/C16H20O2.Au/c1-11(2)7-12-5-6-15-13(8-12)9-14(17-3)10-16(15)18-4;/h6,9-10,12,15H,1,7-8H2,2-4H3;/q;+1. The van der Waals surface area contributed by atoms with E-state index in [9.17, 15) is 0 Å². The molecule has 0 aromatic rings. The van der Waals surface area contributed by atoms with Gasteiger partial charge in [-0.25, -0.2) is 0 Å². The predicted octanol–water partition coefficient (Wildman–Crippen LogP) is 3.15. The molecule has 106 valence electrons. The number of carbonyl (C=O) groups excluding carboxylic acids is 1. The van der Waals surface area contributed by atoms with Crippen LogP contribution in [0, 0.1) is 17.9 Å². The van der Waals surface area contributed by atoms with Gasteiger partial charge in [-0.1, -0.05) is 24.0 Å². The van der Waals surface area contributed by atoms with E-state index in [4.69, 9.17) is 9.16 Å². The Bertz CT molecular complexity index is 469. The Morgan fingerprint density at radius 3 is 2.84 bits per heavy atom. The number of allylic oxidation sites excluding steroid dienone is 5. The van der Waals surface area contributed by atoms with Crippen LogP contribution >= 0.6 is 0 Å². The number of ether oxygens (including phenoxy) is 1. The number of ketones is 1. The monoisotopic (exact) mass is 441 g/mol. The Kier molecular flexibility index (Phi) is 6.05. The number of hydrogen-bond acceptors (Lipinski definition) is 1. The van der Waals surface area contributed by atoms with Crippen LogP contribution in [-0.2, 0) is 31.5 Å². The van der Waals surface area contributed by atoms with Crippen LogP contribution in [0.4, 0.5) is 0 Å². The number of hydrogen-bond donors (Lipinski definition) is 0. The molecule has 2 atom stereocenters. The molecule has 0 bridgehead atoms. The van der Waals surface area contributed by atoms with E-state index in [0.29, 0.717) is 5.92 Å². The summed E-state index contributed by atoms with van der Waals surface area (Å²) in [6.07, 6.45) is 11.6. The van der Waals surface area contributed by atoms with E-state index in [1.807, 2.05) is 6.08 Å². The van der Waals surface area contributed by atoms with Crippen molar-refractivity contribution < 1.29 is 31.5 Å². The molecule has 2 rings (SSSR count). The topological polar surface area (TPSA) is 20.5 Å². The molecule has 19 heavy (non-hydrogen) atoms. The molecular weight excluding hydrogens is 421 g/mol. The van der Waals surface area contributed by atoms with Gasteiger partial charge in [-0.15, -0.1) is 6.58 Å². The maximum absolute atomic E-state index is 5.44. The first kappa shape index (κ1) is 16.2. The zero-order valence-corrected chi connectivity index (χ0v) is 13.8. The molecule has 2 nitrogen and oxygen atoms in total. The summed E-state index contributed by atoms with van der Waals surface area (Å²) in [4.78, 5) is 0. The summed E-state index contributed by atoms with van der Waals surface area (Å²) in [5.74, 6) is 2.46. The van der Waals surface area contributed by atoms with E-state index in [1.54, 1.807) is 14.2 Å². The van der Waals surface area contributed by atoms with Gasteiger partial charge in [-0.05, 0) is 6.92 Å². The van der Waals surface area contributed by atoms with Crippen molar-refractivity contribution in [1.82, 2.24) is 0 Å². The molecule has 0 N–H and O–H groups in total. The zero-order chi connectivity index (χ0) is 13.1. The third kappa shape index (κ3) is 3.82. The minimum Gasteiger partial charge on any atom is -0.500 e. The first-order chi connectivity index (χ1) is 8.63. The number of rotatable bonds is 3. The summed E-state index contributed by atoms with van der Waals surface area (Å²) in [5, 5.41) is 0. The van der Waals surface area contributed by atoms with Crippen LogP contribution in [0.15, 0.2) is 41.7 Å². The van der Waals surface area contributed by atoms with Crippen LogP contribution in [0.3, 0.4) is 0 Å². The van der Waals surface area contributed by atoms with Gasteiger partial charge in [-0.3, -0.25) is 10.5 Å². The van der Waals surface area contributed by atoms with Crippen LogP contribution in [0.1, 0.15) is 19.8 Å². The van der Waals surface area contributed by atoms with Crippen LogP contribution < -0.4 is 0 Å². The van der Waals surface area contributed by atoms with Crippen molar-refractivity contribution in [3.8, 4) is 0 Å². The molecule has 2 unspecified atom stereocenters. The maximum atomic E-state index is 5.44. The largest absolute Gasteiger partial charge is 1.00 e. The Morgan fingerprint density at radius 2 is 2.26 bits per heavy atom. The van der Waals surface area contributed by atoms with E-state index in [2.05, 4.69) is 31.7 Å². The number of methoxy groups -OCH3 is 1. The van der Waals surface area contributed by atoms with Crippen LogP contribution in [0.25, 0.3) is 0 Å². The predicted molar refractivity (Wildman–Crippen MR) is 72.9 cm³/mol. The molecule has 0 radical (unpaired) electrons. The van der Waals surface area contributed by atoms with Crippen molar-refractivity contribution in [2.24, 2.45) is 11.8 Å². The van der Waals surface area contributed by atoms with Gasteiger partial charge in [0.05, 0.1) is 13.2 Å². The van der Waals surface area contributed by atoms with Gasteiger partial charge >= 0.3 is 28.2 Å². The molecule has 0 fully saturated rings. The normalized spacial score (nSPS) is 27.0. The van der Waals surface area contributed by atoms with Gasteiger partial charge in [-0.2, -0.15) is 5.92 Å². The second kappa shape index (κ2) is 7.09. The van der Waals surface area contributed by atoms with Crippen molar-refractivity contribution in [1.29, 1.82) is 0 Å². The average Bonchev–Trinajstić information content (AvgIpc) is 2.36. The van der Waals surface area contributed by atoms with Gasteiger partial charge in [0, 0.05) is 12.0 Å². The first-order valence-electron chi connectivity index (χ1n) is 6.24. The number of fused-ring (bicyclic) bond motifs is 1. The van der Waals surface area contributed by atoms with Crippen LogP contribution in [0.2, 0.25) is 0 Å². The molecule has 0 aliphatic heterocycles. The molecule has 0 aromatic carbocycles. The Hall–Kier alpha value is -0.830. The fraction of sp³-hybridized carbons (Fsp3) is 0.438. The van der Waals surface area contributed by atoms with Gasteiger partial charge in [0.2, 0.25) is 0 Å². The third-order valence-corrected chi connectivity index (χ3v) is 3.37. The molecule has 0 aromatic heterocycles. The fourth-order valence-electron chi connectivity index (χ4n) is 2.53. The quantitative estimate of drug-likeness (QED) is 0.285. The average molecular weight is 441 g/mol. The molecule has 2 aliphatic carbocycles. The van der Waals surface area contributed by atoms with Crippen molar-refractivity contribution in [2.45, 2.75) is 19.8 Å². The first-order valence-corrected chi connectivity index (χ1v) is 6.24. The van der Waals surface area contributed by atoms with Gasteiger partial charge in [0.25, 0.3) is 7.11 Å². The minimum absolute atomic E-state index is 0. The maximum Gasteiger partial charge on any atom is 1.00 e. The summed E-state index contributed by atoms with van der Waals surface area (Å²) in [7, 11) is 3.39. The Morgan fingerprint density at radius 1 is 1.53 bits per heavy atom. The van der Waals surface area contributed by atoms with Crippen molar-refractivity contribution in [3.63, 3.8) is 0 Å². The SMILES string of the molecule is C=C(C)CC1[C-]=CC2C(=CC(=[O+]C)C=C2OC)C1.[Au+]. The van der Waals surface area contributed by atoms with Crippen molar-refractivity contribution in [2.75, 3.05) is 14.2 Å². The van der Waals surface area contributed by atoms with E-state index in [0.717, 1.165) is 24.4 Å². The molecule has 0 spiro atoms. The Labute approximate surface area is 131 Å². The summed E-state index contributed by atoms with van der Waals surface area (Å²) < 4.78 is 10.8. The molecular formula is C16H20AuO2+. The molecule has 2 aliphatic rings. The van der Waals surface area contributed by atoms with Gasteiger partial charge in [0.1, 0.15) is 5.76 Å². The van der Waals surface area contributed by atoms with Crippen molar-refractivity contribution in [3.05, 3.63) is 47.8 Å². The van der Waals surface area contributed by atoms with Crippen LogP contribution in [0.5, 0.6) is 0 Å². The van der Waals surface area contributed by atoms with E-state index < -0.39 is 0 Å². The summed E-state index contributed by atoms with van der Waals surface area (Å²) in [6.45, 7) is 6.04. The summed E-state index contributed by atoms with van der Waals surface area (Å²) in [5.41, 5.74) is 2.55. The minimum atomic E-state index is 0. The third-order valence-electron chi connectivity index (χ3n) is 3.37. The molecule has 0 heterocycles. The second-order valence-electron chi connectivity index (χ2n) is 4.95. The van der Waals surface area contributed by atoms with E-state index >= 15 is 0 Å². The van der Waals surface area contributed by atoms with Crippen LogP contribution in [-0.4, -0.2) is 20.0 Å². The molecule has 0 saturated heterocycles. The van der Waals surface area contributed by atoms with E-state index in [1.165, 1.54) is 11.1 Å². The summed E-state index contributed by atoms with van der Waals surface area (Å²) >= 11 is 0. The van der Waals surface area contributed by atoms with Gasteiger partial charge in [0.15, 0.2) is 0 Å².